The summed E-state index contributed by atoms with van der Waals surface area (Å²) in [6.45, 7) is 4.96. The molecule has 1 saturated carbocycles. The zero-order valence-corrected chi connectivity index (χ0v) is 26.5. The summed E-state index contributed by atoms with van der Waals surface area (Å²) in [6.07, 6.45) is 8.97. The molecule has 2 saturated heterocycles. The van der Waals surface area contributed by atoms with Gasteiger partial charge in [-0.05, 0) is 49.6 Å². The van der Waals surface area contributed by atoms with E-state index >= 15 is 0 Å². The van der Waals surface area contributed by atoms with Gasteiger partial charge in [0.1, 0.15) is 11.6 Å². The first kappa shape index (κ1) is 31.1. The molecule has 0 aromatic heterocycles. The minimum absolute atomic E-state index is 0.0827. The predicted octanol–water partition coefficient (Wildman–Crippen LogP) is 5.44. The Hall–Kier alpha value is -2.91. The number of rotatable bonds is 11. The molecule has 4 aliphatic rings. The van der Waals surface area contributed by atoms with Crippen molar-refractivity contribution in [3.05, 3.63) is 76.3 Å². The van der Waals surface area contributed by atoms with Crippen LogP contribution in [0.25, 0.3) is 0 Å². The second-order valence-corrected chi connectivity index (χ2v) is 13.3. The van der Waals surface area contributed by atoms with E-state index in [4.69, 9.17) is 27.9 Å². The number of carbonyl (C=O) groups excluding carboxylic acids is 3. The molecule has 3 fully saturated rings. The second kappa shape index (κ2) is 13.2. The van der Waals surface area contributed by atoms with Gasteiger partial charge >= 0.3 is 0 Å². The average Bonchev–Trinajstić information content (AvgIpc) is 3.64. The van der Waals surface area contributed by atoms with Gasteiger partial charge < -0.3 is 20.3 Å². The van der Waals surface area contributed by atoms with Gasteiger partial charge in [-0.3, -0.25) is 19.3 Å². The highest BCUT2D eigenvalue weighted by Crippen LogP contribution is 2.55. The summed E-state index contributed by atoms with van der Waals surface area (Å²) in [4.78, 5) is 46.1. The first-order valence-corrected chi connectivity index (χ1v) is 16.6. The number of fused-ring (bicyclic) bond motifs is 1. The predicted molar refractivity (Wildman–Crippen MR) is 171 cm³/mol. The monoisotopic (exact) mass is 638 g/mol. The summed E-state index contributed by atoms with van der Waals surface area (Å²) >= 11 is 12.3. The Bertz CT molecular complexity index is 1390. The fourth-order valence-corrected chi connectivity index (χ4v) is 8.07. The third-order valence-corrected chi connectivity index (χ3v) is 10.0. The molecule has 1 aliphatic carbocycles. The van der Waals surface area contributed by atoms with Crippen molar-refractivity contribution in [2.75, 3.05) is 25.0 Å². The Balaban J connectivity index is 1.22. The molecule has 2 N–H and O–H groups in total. The Morgan fingerprint density at radius 3 is 2.48 bits per heavy atom. The van der Waals surface area contributed by atoms with Crippen molar-refractivity contribution in [2.24, 2.45) is 11.8 Å². The quantitative estimate of drug-likeness (QED) is 0.320. The first-order chi connectivity index (χ1) is 21.3. The molecule has 6 rings (SSSR count). The van der Waals surface area contributed by atoms with Crippen molar-refractivity contribution in [1.82, 2.24) is 15.1 Å². The molecule has 2 bridgehead atoms. The van der Waals surface area contributed by atoms with Crippen LogP contribution in [0.4, 0.5) is 5.69 Å². The number of likely N-dealkylation sites (tertiary alicyclic amines) is 1. The Kier molecular flexibility index (Phi) is 9.34. The van der Waals surface area contributed by atoms with Crippen LogP contribution < -0.4 is 10.6 Å². The highest BCUT2D eigenvalue weighted by molar-refractivity contribution is 6.35. The van der Waals surface area contributed by atoms with E-state index in [0.717, 1.165) is 45.3 Å². The highest BCUT2D eigenvalue weighted by Gasteiger charge is 2.72. The molecule has 2 aromatic rings. The van der Waals surface area contributed by atoms with Gasteiger partial charge in [0.15, 0.2) is 0 Å². The van der Waals surface area contributed by atoms with Crippen LogP contribution >= 0.6 is 23.2 Å². The topological polar surface area (TPSA) is 91.0 Å². The van der Waals surface area contributed by atoms with Gasteiger partial charge in [0.05, 0.1) is 17.9 Å². The lowest BCUT2D eigenvalue weighted by molar-refractivity contribution is -0.141. The van der Waals surface area contributed by atoms with Crippen molar-refractivity contribution >= 4 is 46.6 Å². The molecule has 3 amide bonds. The van der Waals surface area contributed by atoms with E-state index < -0.39 is 29.6 Å². The summed E-state index contributed by atoms with van der Waals surface area (Å²) in [5, 5.41) is 6.93. The number of amides is 3. The van der Waals surface area contributed by atoms with Crippen LogP contribution in [0, 0.1) is 11.8 Å². The first-order valence-electron chi connectivity index (χ1n) is 15.8. The van der Waals surface area contributed by atoms with Gasteiger partial charge in [0, 0.05) is 41.4 Å². The zero-order chi connectivity index (χ0) is 30.8. The molecule has 5 atom stereocenters. The number of anilines is 1. The number of nitrogens with zero attached hydrogens (tertiary/aromatic N) is 2. The second-order valence-electron chi connectivity index (χ2n) is 12.4. The molecular weight excluding hydrogens is 599 g/mol. The number of hydrogen-bond donors (Lipinski definition) is 2. The van der Waals surface area contributed by atoms with E-state index in [9.17, 15) is 14.4 Å². The van der Waals surface area contributed by atoms with Gasteiger partial charge in [-0.2, -0.15) is 0 Å². The normalized spacial score (nSPS) is 27.6. The SMILES string of the molecule is CCN(CCCN1C(=O)C2C(C(=O)Nc3cc(Cl)cc(Cl)c3)C3C=CC2(O3)C1C(=O)NC1CCCCC1)Cc1ccccc1. The summed E-state index contributed by atoms with van der Waals surface area (Å²) in [7, 11) is 0. The molecule has 0 radical (unpaired) electrons. The van der Waals surface area contributed by atoms with Crippen LogP contribution in [0.5, 0.6) is 0 Å². The van der Waals surface area contributed by atoms with Crippen molar-refractivity contribution in [2.45, 2.75) is 75.8 Å². The number of nitrogens with one attached hydrogen (secondary N) is 2. The summed E-state index contributed by atoms with van der Waals surface area (Å²) in [6, 6.07) is 14.4. The Morgan fingerprint density at radius 1 is 1.05 bits per heavy atom. The molecule has 3 aliphatic heterocycles. The maximum Gasteiger partial charge on any atom is 0.246 e. The van der Waals surface area contributed by atoms with Crippen molar-refractivity contribution in [3.8, 4) is 0 Å². The van der Waals surface area contributed by atoms with Crippen LogP contribution in [0.2, 0.25) is 10.0 Å². The van der Waals surface area contributed by atoms with E-state index in [1.54, 1.807) is 23.1 Å². The lowest BCUT2D eigenvalue weighted by Gasteiger charge is -2.34. The van der Waals surface area contributed by atoms with E-state index in [2.05, 4.69) is 34.6 Å². The molecule has 44 heavy (non-hydrogen) atoms. The van der Waals surface area contributed by atoms with Crippen LogP contribution in [0.15, 0.2) is 60.7 Å². The van der Waals surface area contributed by atoms with Crippen LogP contribution in [-0.4, -0.2) is 70.9 Å². The summed E-state index contributed by atoms with van der Waals surface area (Å²) in [5.41, 5.74) is 0.485. The standard InChI is InChI=1S/C34H40Cl2N4O4/c1-2-39(21-22-10-5-3-6-11-22)16-9-17-40-30(32(42)37-25-12-7-4-8-13-25)34-15-14-27(44-34)28(29(34)33(40)43)31(41)38-26-19-23(35)18-24(36)20-26/h3,5-6,10-11,14-15,18-20,25,27-30H,2,4,7-9,12-13,16-17,21H2,1H3,(H,37,42)(H,38,41). The Morgan fingerprint density at radius 2 is 1.77 bits per heavy atom. The molecule has 234 valence electrons. The average molecular weight is 640 g/mol. The summed E-state index contributed by atoms with van der Waals surface area (Å²) < 4.78 is 6.50. The third kappa shape index (κ3) is 6.14. The molecule has 3 heterocycles. The number of ether oxygens (including phenoxy) is 1. The zero-order valence-electron chi connectivity index (χ0n) is 25.0. The van der Waals surface area contributed by atoms with Crippen LogP contribution in [0.1, 0.15) is 51.0 Å². The smallest absolute Gasteiger partial charge is 0.246 e. The Labute approximate surface area is 269 Å². The number of carbonyl (C=O) groups is 3. The minimum atomic E-state index is -1.19. The van der Waals surface area contributed by atoms with Crippen LogP contribution in [0.3, 0.4) is 0 Å². The molecule has 10 heteroatoms. The van der Waals surface area contributed by atoms with Crippen molar-refractivity contribution < 1.29 is 19.1 Å². The summed E-state index contributed by atoms with van der Waals surface area (Å²) in [5.74, 6) is -2.36. The third-order valence-electron chi connectivity index (χ3n) is 9.58. The molecule has 5 unspecified atom stereocenters. The number of hydrogen-bond acceptors (Lipinski definition) is 5. The van der Waals surface area contributed by atoms with E-state index in [-0.39, 0.29) is 23.8 Å². The lowest BCUT2D eigenvalue weighted by atomic mass is 9.74. The molecule has 2 aromatic carbocycles. The van der Waals surface area contributed by atoms with Gasteiger partial charge in [0.2, 0.25) is 17.7 Å². The largest absolute Gasteiger partial charge is 0.359 e. The van der Waals surface area contributed by atoms with Gasteiger partial charge in [0.25, 0.3) is 0 Å². The van der Waals surface area contributed by atoms with Crippen LogP contribution in [-0.2, 0) is 25.7 Å². The van der Waals surface area contributed by atoms with E-state index in [0.29, 0.717) is 28.7 Å². The number of halogens is 2. The fourth-order valence-electron chi connectivity index (χ4n) is 7.54. The van der Waals surface area contributed by atoms with E-state index in [1.165, 1.54) is 12.0 Å². The van der Waals surface area contributed by atoms with Crippen molar-refractivity contribution in [1.29, 1.82) is 0 Å². The molecule has 1 spiro atoms. The number of benzene rings is 2. The maximum atomic E-state index is 14.3. The van der Waals surface area contributed by atoms with Gasteiger partial charge in [-0.15, -0.1) is 0 Å². The van der Waals surface area contributed by atoms with E-state index in [1.807, 2.05) is 30.4 Å². The minimum Gasteiger partial charge on any atom is -0.359 e. The van der Waals surface area contributed by atoms with Gasteiger partial charge in [-0.25, -0.2) is 0 Å². The molecule has 8 nitrogen and oxygen atoms in total. The fraction of sp³-hybridized carbons (Fsp3) is 0.500. The highest BCUT2D eigenvalue weighted by atomic mass is 35.5. The lowest BCUT2D eigenvalue weighted by Crippen LogP contribution is -2.56. The maximum absolute atomic E-state index is 14.3. The molecular formula is C34H40Cl2N4O4. The van der Waals surface area contributed by atoms with Crippen molar-refractivity contribution in [3.63, 3.8) is 0 Å². The van der Waals surface area contributed by atoms with Gasteiger partial charge in [-0.1, -0.05) is 91.9 Å².